The van der Waals surface area contributed by atoms with Gasteiger partial charge in [-0.2, -0.15) is 0 Å². The van der Waals surface area contributed by atoms with Gasteiger partial charge >= 0.3 is 0 Å². The number of aliphatic imine (C=N–C) groups is 2. The van der Waals surface area contributed by atoms with Crippen molar-refractivity contribution in [2.24, 2.45) is 9.98 Å². The molecule has 0 spiro atoms. The van der Waals surface area contributed by atoms with E-state index in [-0.39, 0.29) is 5.92 Å². The lowest BCUT2D eigenvalue weighted by molar-refractivity contribution is 0.413. The van der Waals surface area contributed by atoms with Crippen molar-refractivity contribution in [3.63, 3.8) is 0 Å². The summed E-state index contributed by atoms with van der Waals surface area (Å²) in [5, 5.41) is 5.45. The van der Waals surface area contributed by atoms with Gasteiger partial charge in [0.2, 0.25) is 0 Å². The zero-order valence-corrected chi connectivity index (χ0v) is 27.8. The molecule has 0 fully saturated rings. The highest BCUT2D eigenvalue weighted by Gasteiger charge is 2.32. The van der Waals surface area contributed by atoms with E-state index >= 15 is 0 Å². The average Bonchev–Trinajstić information content (AvgIpc) is 3.57. The fraction of sp³-hybridized carbons (Fsp3) is 0.412. The van der Waals surface area contributed by atoms with Crippen molar-refractivity contribution in [2.45, 2.75) is 32.6 Å². The van der Waals surface area contributed by atoms with E-state index in [1.165, 1.54) is 23.2 Å². The summed E-state index contributed by atoms with van der Waals surface area (Å²) >= 11 is 1.65. The van der Waals surface area contributed by atoms with Gasteiger partial charge in [-0.1, -0.05) is 48.9 Å². The quantitative estimate of drug-likeness (QED) is 0.157. The van der Waals surface area contributed by atoms with E-state index in [2.05, 4.69) is 96.9 Å². The summed E-state index contributed by atoms with van der Waals surface area (Å²) < 4.78 is 5.68. The number of thioether (sulfide) groups is 1. The third-order valence-corrected chi connectivity index (χ3v) is 8.38. The van der Waals surface area contributed by atoms with Gasteiger partial charge < -0.3 is 30.5 Å². The number of ether oxygens (including phenoxy) is 1. The van der Waals surface area contributed by atoms with Crippen molar-refractivity contribution in [1.29, 1.82) is 0 Å². The van der Waals surface area contributed by atoms with Crippen LogP contribution in [0.3, 0.4) is 0 Å². The number of nitrogens with two attached hydrogens (primary N) is 1. The number of anilines is 4. The highest BCUT2D eigenvalue weighted by molar-refractivity contribution is 8.07. The van der Waals surface area contributed by atoms with Gasteiger partial charge in [-0.15, -0.1) is 6.58 Å². The van der Waals surface area contributed by atoms with Crippen LogP contribution in [0.2, 0.25) is 0 Å². The van der Waals surface area contributed by atoms with Crippen LogP contribution >= 0.6 is 11.8 Å². The van der Waals surface area contributed by atoms with E-state index in [9.17, 15) is 0 Å². The van der Waals surface area contributed by atoms with Crippen molar-refractivity contribution >= 4 is 46.9 Å². The Bertz CT molecular complexity index is 1360. The maximum Gasteiger partial charge on any atom is 0.144 e. The molecular weight excluding hydrogens is 554 g/mol. The minimum Gasteiger partial charge on any atom is -0.495 e. The number of methoxy groups -OCH3 is 1. The van der Waals surface area contributed by atoms with E-state index in [1.807, 2.05) is 31.3 Å². The smallest absolute Gasteiger partial charge is 0.144 e. The molecule has 2 aromatic carbocycles. The Labute approximate surface area is 263 Å². The van der Waals surface area contributed by atoms with Gasteiger partial charge in [-0.05, 0) is 63.3 Å². The molecule has 0 radical (unpaired) electrons. The van der Waals surface area contributed by atoms with Gasteiger partial charge in [0.15, 0.2) is 0 Å². The van der Waals surface area contributed by atoms with Crippen LogP contribution in [0.5, 0.6) is 5.75 Å². The zero-order valence-electron chi connectivity index (χ0n) is 27.0. The second-order valence-electron chi connectivity index (χ2n) is 11.1. The molecule has 9 heteroatoms. The number of nitrogen functional groups attached to an aromatic ring is 1. The number of aryl methyl sites for hydroxylation is 1. The largest absolute Gasteiger partial charge is 0.495 e. The Balaban J connectivity index is 0.000000934. The van der Waals surface area contributed by atoms with Crippen LogP contribution in [0.4, 0.5) is 22.7 Å². The number of allylic oxidation sites excluding steroid dienone is 3. The summed E-state index contributed by atoms with van der Waals surface area (Å²) in [6.45, 7) is 14.8. The van der Waals surface area contributed by atoms with Crippen LogP contribution < -0.4 is 25.6 Å². The first kappa shape index (κ1) is 33.8. The summed E-state index contributed by atoms with van der Waals surface area (Å²) in [6, 6.07) is 10.5. The summed E-state index contributed by atoms with van der Waals surface area (Å²) in [5.74, 6) is 0.887. The van der Waals surface area contributed by atoms with E-state index in [0.29, 0.717) is 12.4 Å². The highest BCUT2D eigenvalue weighted by Crippen LogP contribution is 2.44. The first-order chi connectivity index (χ1) is 20.6. The molecule has 232 valence electrons. The summed E-state index contributed by atoms with van der Waals surface area (Å²) in [7, 11) is 9.96. The Hall–Kier alpha value is -3.69. The molecule has 0 saturated heterocycles. The topological polar surface area (TPSA) is 81.7 Å². The molecule has 8 nitrogen and oxygen atoms in total. The van der Waals surface area contributed by atoms with Gasteiger partial charge in [-0.25, -0.2) is 0 Å². The third kappa shape index (κ3) is 8.67. The van der Waals surface area contributed by atoms with Crippen molar-refractivity contribution in [2.75, 3.05) is 82.5 Å². The number of hydrogen-bond donors (Lipinski definition) is 2. The Kier molecular flexibility index (Phi) is 12.8. The number of nitrogens with one attached hydrogen (secondary N) is 1. The van der Waals surface area contributed by atoms with E-state index in [1.54, 1.807) is 18.9 Å². The van der Waals surface area contributed by atoms with Crippen LogP contribution in [0.1, 0.15) is 36.8 Å². The summed E-state index contributed by atoms with van der Waals surface area (Å²) in [6.07, 6.45) is 6.35. The lowest BCUT2D eigenvalue weighted by Gasteiger charge is -2.24. The van der Waals surface area contributed by atoms with Crippen LogP contribution in [-0.2, 0) is 0 Å². The minimum absolute atomic E-state index is 0.157. The lowest BCUT2D eigenvalue weighted by Crippen LogP contribution is -2.29. The van der Waals surface area contributed by atoms with Gasteiger partial charge in [0.25, 0.3) is 0 Å². The molecule has 0 amide bonds. The molecule has 0 aliphatic carbocycles. The molecule has 2 heterocycles. The zero-order chi connectivity index (χ0) is 31.5. The first-order valence-corrected chi connectivity index (χ1v) is 15.6. The number of nitrogens with zero attached hydrogens (tertiary/aromatic N) is 5. The van der Waals surface area contributed by atoms with Crippen molar-refractivity contribution in [3.05, 3.63) is 76.2 Å². The van der Waals surface area contributed by atoms with Crippen LogP contribution in [0.25, 0.3) is 0 Å². The fourth-order valence-electron chi connectivity index (χ4n) is 5.07. The van der Waals surface area contributed by atoms with Crippen molar-refractivity contribution in [3.8, 4) is 5.75 Å². The number of benzene rings is 2. The normalized spacial score (nSPS) is 17.4. The second-order valence-corrected chi connectivity index (χ2v) is 12.0. The molecule has 0 bridgehead atoms. The molecule has 4 rings (SSSR count). The molecule has 1 unspecified atom stereocenters. The molecular formula is C34H49N7OS. The maximum absolute atomic E-state index is 6.42. The number of fused-ring (bicyclic) bond motifs is 1. The predicted molar refractivity (Wildman–Crippen MR) is 191 cm³/mol. The first-order valence-electron chi connectivity index (χ1n) is 14.7. The van der Waals surface area contributed by atoms with E-state index < -0.39 is 0 Å². The van der Waals surface area contributed by atoms with Gasteiger partial charge in [0.1, 0.15) is 12.4 Å². The number of rotatable bonds is 12. The van der Waals surface area contributed by atoms with Gasteiger partial charge in [0, 0.05) is 51.4 Å². The predicted octanol–water partition coefficient (Wildman–Crippen LogP) is 6.77. The SMILES string of the molecule is C=CCCC.C=N/C(=C1/SC=C/C1=N/CNc1cc(N)c(N(C)CCN(C)C)cc1OC)C1CN(C)c2ccc(C)cc21. The van der Waals surface area contributed by atoms with Gasteiger partial charge in [-0.3, -0.25) is 9.98 Å². The van der Waals surface area contributed by atoms with Crippen LogP contribution in [0.15, 0.2) is 75.1 Å². The summed E-state index contributed by atoms with van der Waals surface area (Å²) in [4.78, 5) is 17.0. The molecule has 1 atom stereocenters. The average molecular weight is 604 g/mol. The summed E-state index contributed by atoms with van der Waals surface area (Å²) in [5.41, 5.74) is 14.5. The molecule has 2 aliphatic heterocycles. The van der Waals surface area contributed by atoms with Crippen molar-refractivity contribution in [1.82, 2.24) is 4.90 Å². The van der Waals surface area contributed by atoms with E-state index in [0.717, 1.165) is 59.5 Å². The Morgan fingerprint density at radius 1 is 1.23 bits per heavy atom. The monoisotopic (exact) mass is 603 g/mol. The van der Waals surface area contributed by atoms with Crippen LogP contribution in [0, 0.1) is 6.92 Å². The maximum atomic E-state index is 6.42. The van der Waals surface area contributed by atoms with Crippen LogP contribution in [-0.4, -0.2) is 78.9 Å². The molecule has 43 heavy (non-hydrogen) atoms. The molecule has 2 aromatic rings. The second kappa shape index (κ2) is 16.2. The third-order valence-electron chi connectivity index (χ3n) is 7.46. The number of unbranched alkanes of at least 4 members (excludes halogenated alkanes) is 1. The Morgan fingerprint density at radius 3 is 2.63 bits per heavy atom. The molecule has 0 saturated carbocycles. The number of hydrogen-bond acceptors (Lipinski definition) is 9. The molecule has 2 aliphatic rings. The number of likely N-dealkylation sites (N-methyl/N-ethyl adjacent to an activating group) is 3. The Morgan fingerprint density at radius 2 is 2.00 bits per heavy atom. The fourth-order valence-corrected chi connectivity index (χ4v) is 5.99. The lowest BCUT2D eigenvalue weighted by atomic mass is 9.95. The highest BCUT2D eigenvalue weighted by atomic mass is 32.2. The minimum atomic E-state index is 0.157. The van der Waals surface area contributed by atoms with E-state index in [4.69, 9.17) is 15.5 Å². The molecule has 3 N–H and O–H groups in total. The van der Waals surface area contributed by atoms with Gasteiger partial charge in [0.05, 0.1) is 40.5 Å². The molecule has 0 aromatic heterocycles. The van der Waals surface area contributed by atoms with Crippen molar-refractivity contribution < 1.29 is 4.74 Å². The standard InChI is InChI=1S/C29H39N7OS.C5H10/c1-19-8-9-25-20(14-19)21(17-36(25)6)28(31-2)29-23(10-13-38-29)32-18-33-24-15-22(30)26(16-27(24)37-7)35(5)12-11-34(3)4;1-3-5-4-2/h8-10,13-16,21,33H,2,11-12,17-18,30H2,1,3-7H3;3H,1,4-5H2,2H3/b29-28+,32-23-;.